The largest absolute Gasteiger partial charge is 0.324 e. The van der Waals surface area contributed by atoms with Crippen LogP contribution in [-0.2, 0) is 10.3 Å². The third-order valence-corrected chi connectivity index (χ3v) is 7.51. The lowest BCUT2D eigenvalue weighted by atomic mass is 9.69. The number of hydrogen-bond acceptors (Lipinski definition) is 5. The molecule has 2 aliphatic heterocycles. The van der Waals surface area contributed by atoms with Crippen LogP contribution in [-0.4, -0.2) is 16.6 Å². The van der Waals surface area contributed by atoms with Crippen molar-refractivity contribution in [1.29, 1.82) is 0 Å². The molecule has 1 amide bonds. The van der Waals surface area contributed by atoms with Crippen LogP contribution in [0, 0.1) is 16.0 Å². The van der Waals surface area contributed by atoms with E-state index in [9.17, 15) is 19.7 Å². The van der Waals surface area contributed by atoms with E-state index < -0.39 is 16.4 Å². The maximum Gasteiger partial charge on any atom is 0.269 e. The molecule has 0 radical (unpaired) electrons. The number of rotatable bonds is 5. The molecule has 0 saturated carbocycles. The summed E-state index contributed by atoms with van der Waals surface area (Å²) in [6.07, 6.45) is 0. The molecule has 2 heterocycles. The maximum absolute atomic E-state index is 14.4. The van der Waals surface area contributed by atoms with Crippen molar-refractivity contribution in [3.05, 3.63) is 142 Å². The molecule has 37 heavy (non-hydrogen) atoms. The van der Waals surface area contributed by atoms with Crippen LogP contribution in [0.5, 0.6) is 0 Å². The van der Waals surface area contributed by atoms with Gasteiger partial charge in [0.1, 0.15) is 5.54 Å². The van der Waals surface area contributed by atoms with Crippen LogP contribution in [0.4, 0.5) is 11.4 Å². The van der Waals surface area contributed by atoms with Crippen LogP contribution in [0.25, 0.3) is 0 Å². The number of non-ortho nitro benzene ring substituents is 1. The van der Waals surface area contributed by atoms with E-state index in [0.717, 1.165) is 16.7 Å². The molecule has 0 aromatic heterocycles. The first-order valence-electron chi connectivity index (χ1n) is 12.1. The second kappa shape index (κ2) is 8.80. The minimum Gasteiger partial charge on any atom is -0.324 e. The summed E-state index contributed by atoms with van der Waals surface area (Å²) in [7, 11) is 0. The Bertz CT molecular complexity index is 1510. The highest BCUT2D eigenvalue weighted by Gasteiger charge is 2.64. The van der Waals surface area contributed by atoms with Gasteiger partial charge in [-0.2, -0.15) is 0 Å². The highest BCUT2D eigenvalue weighted by atomic mass is 16.6. The maximum atomic E-state index is 14.4. The zero-order valence-electron chi connectivity index (χ0n) is 19.7. The van der Waals surface area contributed by atoms with Gasteiger partial charge in [0.15, 0.2) is 5.78 Å². The highest BCUT2D eigenvalue weighted by molar-refractivity contribution is 6.12. The van der Waals surface area contributed by atoms with Crippen molar-refractivity contribution in [2.24, 2.45) is 5.92 Å². The van der Waals surface area contributed by atoms with Gasteiger partial charge >= 0.3 is 0 Å². The quantitative estimate of drug-likeness (QED) is 0.223. The van der Waals surface area contributed by atoms with Crippen LogP contribution in [0.2, 0.25) is 0 Å². The molecule has 1 saturated heterocycles. The fraction of sp³-hybridized carbons (Fsp3) is 0.133. The molecule has 4 atom stereocenters. The summed E-state index contributed by atoms with van der Waals surface area (Å²) in [5, 5.41) is 17.8. The van der Waals surface area contributed by atoms with Gasteiger partial charge in [0.2, 0.25) is 5.91 Å². The number of benzene rings is 4. The van der Waals surface area contributed by atoms with Crippen molar-refractivity contribution < 1.29 is 14.5 Å². The summed E-state index contributed by atoms with van der Waals surface area (Å²) >= 11 is 0. The highest BCUT2D eigenvalue weighted by Crippen LogP contribution is 2.57. The lowest BCUT2D eigenvalue weighted by Crippen LogP contribution is -2.50. The second-order valence-electron chi connectivity index (χ2n) is 9.42. The van der Waals surface area contributed by atoms with E-state index in [1.807, 2.05) is 84.9 Å². The number of hydrogen-bond donors (Lipinski definition) is 2. The molecule has 0 bridgehead atoms. The number of amides is 1. The van der Waals surface area contributed by atoms with Gasteiger partial charge in [-0.1, -0.05) is 78.9 Å². The molecule has 182 valence electrons. The normalized spacial score (nSPS) is 24.0. The Hall–Kier alpha value is -4.62. The Balaban J connectivity index is 1.59. The molecule has 6 rings (SSSR count). The third-order valence-electron chi connectivity index (χ3n) is 7.51. The fourth-order valence-electron chi connectivity index (χ4n) is 5.92. The van der Waals surface area contributed by atoms with Crippen molar-refractivity contribution >= 4 is 23.1 Å². The predicted molar refractivity (Wildman–Crippen MR) is 139 cm³/mol. The van der Waals surface area contributed by atoms with Gasteiger partial charge in [0.25, 0.3) is 5.69 Å². The Morgan fingerprint density at radius 1 is 0.784 bits per heavy atom. The number of fused-ring (bicyclic) bond motifs is 2. The fourth-order valence-corrected chi connectivity index (χ4v) is 5.92. The number of nitro benzene ring substituents is 1. The molecule has 7 nitrogen and oxygen atoms in total. The Morgan fingerprint density at radius 2 is 1.38 bits per heavy atom. The number of ketones is 1. The molecular weight excluding hydrogens is 466 g/mol. The van der Waals surface area contributed by atoms with E-state index in [1.165, 1.54) is 24.3 Å². The van der Waals surface area contributed by atoms with Gasteiger partial charge in [0, 0.05) is 40.9 Å². The van der Waals surface area contributed by atoms with Crippen LogP contribution in [0.1, 0.15) is 39.0 Å². The number of para-hydroxylation sites is 1. The number of anilines is 1. The van der Waals surface area contributed by atoms with Gasteiger partial charge in [-0.15, -0.1) is 0 Å². The molecule has 2 N–H and O–H groups in total. The minimum absolute atomic E-state index is 0.0958. The van der Waals surface area contributed by atoms with E-state index in [1.54, 1.807) is 0 Å². The van der Waals surface area contributed by atoms with Gasteiger partial charge in [-0.05, 0) is 29.3 Å². The van der Waals surface area contributed by atoms with Crippen LogP contribution in [0.3, 0.4) is 0 Å². The SMILES string of the molecule is O=C(c1ccc([N+](=O)[O-])cc1)C1[C@H](c2ccccc2)[C@@H](c2ccccc2)NC12C(=O)Nc1ccccc12. The Kier molecular flexibility index (Phi) is 5.43. The van der Waals surface area contributed by atoms with Crippen LogP contribution >= 0.6 is 0 Å². The molecule has 2 aliphatic rings. The number of Topliss-reactive ketones (excluding diaryl/α,β-unsaturated/α-hetero) is 1. The van der Waals surface area contributed by atoms with E-state index in [2.05, 4.69) is 10.6 Å². The van der Waals surface area contributed by atoms with E-state index >= 15 is 0 Å². The summed E-state index contributed by atoms with van der Waals surface area (Å²) in [4.78, 5) is 39.0. The molecule has 4 aromatic carbocycles. The summed E-state index contributed by atoms with van der Waals surface area (Å²) < 4.78 is 0. The standard InChI is InChI=1S/C30H23N3O4/c34-28(21-15-17-22(18-16-21)33(36)37)26-25(19-9-3-1-4-10-19)27(20-11-5-2-6-12-20)32-30(26)23-13-7-8-14-24(23)31-29(30)35/h1-18,25-27,32H,(H,31,35)/t25-,26?,27+,30?/m0/s1. The van der Waals surface area contributed by atoms with Crippen molar-refractivity contribution in [1.82, 2.24) is 5.32 Å². The molecular formula is C30H23N3O4. The van der Waals surface area contributed by atoms with Crippen molar-refractivity contribution in [3.8, 4) is 0 Å². The van der Waals surface area contributed by atoms with Gasteiger partial charge in [-0.3, -0.25) is 25.0 Å². The lowest BCUT2D eigenvalue weighted by Gasteiger charge is -2.31. The number of carbonyl (C=O) groups excluding carboxylic acids is 2. The smallest absolute Gasteiger partial charge is 0.269 e. The molecule has 2 unspecified atom stereocenters. The van der Waals surface area contributed by atoms with E-state index in [4.69, 9.17) is 0 Å². The first-order chi connectivity index (χ1) is 18.0. The first-order valence-corrected chi connectivity index (χ1v) is 12.1. The number of nitrogens with zero attached hydrogens (tertiary/aromatic N) is 1. The number of nitro groups is 1. The molecule has 7 heteroatoms. The van der Waals surface area contributed by atoms with E-state index in [-0.39, 0.29) is 29.3 Å². The predicted octanol–water partition coefficient (Wildman–Crippen LogP) is 5.37. The third kappa shape index (κ3) is 3.55. The van der Waals surface area contributed by atoms with E-state index in [0.29, 0.717) is 11.3 Å². The molecule has 4 aromatic rings. The second-order valence-corrected chi connectivity index (χ2v) is 9.42. The monoisotopic (exact) mass is 489 g/mol. The molecule has 0 aliphatic carbocycles. The summed E-state index contributed by atoms with van der Waals surface area (Å²) in [5.74, 6) is -1.73. The zero-order valence-corrected chi connectivity index (χ0v) is 19.7. The average molecular weight is 490 g/mol. The summed E-state index contributed by atoms with van der Waals surface area (Å²) in [6.45, 7) is 0. The first kappa shape index (κ1) is 22.8. The van der Waals surface area contributed by atoms with Gasteiger partial charge < -0.3 is 5.32 Å². The average Bonchev–Trinajstić information content (AvgIpc) is 3.44. The van der Waals surface area contributed by atoms with Gasteiger partial charge in [-0.25, -0.2) is 0 Å². The number of nitrogens with one attached hydrogen (secondary N) is 2. The summed E-state index contributed by atoms with van der Waals surface area (Å²) in [5.41, 5.74) is 2.19. The Labute approximate surface area is 213 Å². The van der Waals surface area contributed by atoms with Crippen molar-refractivity contribution in [3.63, 3.8) is 0 Å². The topological polar surface area (TPSA) is 101 Å². The zero-order chi connectivity index (χ0) is 25.6. The lowest BCUT2D eigenvalue weighted by molar-refractivity contribution is -0.384. The molecule has 1 spiro atoms. The number of carbonyl (C=O) groups is 2. The molecule has 1 fully saturated rings. The van der Waals surface area contributed by atoms with Gasteiger partial charge in [0.05, 0.1) is 10.8 Å². The van der Waals surface area contributed by atoms with Crippen molar-refractivity contribution in [2.75, 3.05) is 5.32 Å². The summed E-state index contributed by atoms with van der Waals surface area (Å²) in [6, 6.07) is 32.3. The minimum atomic E-state index is -1.32. The van der Waals surface area contributed by atoms with Crippen LogP contribution < -0.4 is 10.6 Å². The van der Waals surface area contributed by atoms with Crippen LogP contribution in [0.15, 0.2) is 109 Å². The van der Waals surface area contributed by atoms with Crippen molar-refractivity contribution in [2.45, 2.75) is 17.5 Å². The Morgan fingerprint density at radius 3 is 2.03 bits per heavy atom.